The van der Waals surface area contributed by atoms with Crippen molar-refractivity contribution in [1.82, 2.24) is 0 Å². The van der Waals surface area contributed by atoms with E-state index in [9.17, 15) is 9.59 Å². The van der Waals surface area contributed by atoms with Crippen LogP contribution in [0.5, 0.6) is 0 Å². The lowest BCUT2D eigenvalue weighted by Gasteiger charge is -1.81. The Hall–Kier alpha value is -0.990. The Kier molecular flexibility index (Phi) is 3.66. The Morgan fingerprint density at radius 3 is 2.75 bits per heavy atom. The van der Waals surface area contributed by atoms with Crippen molar-refractivity contribution in [1.29, 1.82) is 0 Å². The van der Waals surface area contributed by atoms with Gasteiger partial charge in [-0.3, -0.25) is 4.79 Å². The van der Waals surface area contributed by atoms with Gasteiger partial charge in [-0.25, -0.2) is 4.79 Å². The molecule has 0 aromatic carbocycles. The van der Waals surface area contributed by atoms with Gasteiger partial charge in [0.2, 0.25) is 6.08 Å². The van der Waals surface area contributed by atoms with E-state index < -0.39 is 5.91 Å². The van der Waals surface area contributed by atoms with Gasteiger partial charge in [0.15, 0.2) is 0 Å². The third kappa shape index (κ3) is 3.21. The first-order valence-electron chi connectivity index (χ1n) is 2.12. The average molecular weight is 114 g/mol. The molecule has 0 aromatic rings. The second-order valence-corrected chi connectivity index (χ2v) is 1.14. The number of nitrogens with two attached hydrogens (primary N) is 1. The second kappa shape index (κ2) is 4.18. The summed E-state index contributed by atoms with van der Waals surface area (Å²) < 4.78 is 0. The molecule has 0 aliphatic carbocycles. The quantitative estimate of drug-likeness (QED) is 0.377. The van der Waals surface area contributed by atoms with Crippen molar-refractivity contribution in [3.05, 3.63) is 0 Å². The molecule has 0 spiro atoms. The lowest BCUT2D eigenvalue weighted by molar-refractivity contribution is -0.117. The maximum atomic E-state index is 10.1. The molecule has 0 atom stereocenters. The Morgan fingerprint density at radius 1 is 1.75 bits per heavy atom. The number of aliphatic imine (C=N–C) groups is 1. The molecule has 0 radical (unpaired) electrons. The van der Waals surface area contributed by atoms with E-state index in [4.69, 9.17) is 5.73 Å². The minimum atomic E-state index is -0.512. The lowest BCUT2D eigenvalue weighted by Crippen LogP contribution is -2.04. The van der Waals surface area contributed by atoms with Crippen molar-refractivity contribution in [3.8, 4) is 0 Å². The molecule has 1 amide bonds. The van der Waals surface area contributed by atoms with Crippen molar-refractivity contribution in [2.45, 2.75) is 6.42 Å². The molecule has 0 unspecified atom stereocenters. The molecule has 4 heteroatoms. The highest BCUT2D eigenvalue weighted by Gasteiger charge is 1.92. The van der Waals surface area contributed by atoms with Crippen molar-refractivity contribution in [2.24, 2.45) is 10.7 Å². The van der Waals surface area contributed by atoms with E-state index in [0.29, 0.717) is 0 Å². The van der Waals surface area contributed by atoms with Gasteiger partial charge in [0, 0.05) is 13.0 Å². The molecule has 0 aliphatic heterocycles. The van der Waals surface area contributed by atoms with E-state index >= 15 is 0 Å². The Labute approximate surface area is 46.4 Å². The van der Waals surface area contributed by atoms with Crippen LogP contribution in [0.1, 0.15) is 6.42 Å². The monoisotopic (exact) mass is 114 g/mol. The maximum Gasteiger partial charge on any atom is 0.257 e. The van der Waals surface area contributed by atoms with E-state index in [1.54, 1.807) is 0 Å². The Bertz CT molecular complexity index is 126. The predicted molar refractivity (Wildman–Crippen MR) is 26.8 cm³/mol. The van der Waals surface area contributed by atoms with Crippen molar-refractivity contribution in [3.63, 3.8) is 0 Å². The third-order valence-corrected chi connectivity index (χ3v) is 0.529. The largest absolute Gasteiger partial charge is 0.330 e. The molecule has 44 valence electrons. The molecular formula is C4H6N2O2. The highest BCUT2D eigenvalue weighted by Crippen LogP contribution is 1.76. The van der Waals surface area contributed by atoms with E-state index in [0.717, 1.165) is 6.08 Å². The summed E-state index contributed by atoms with van der Waals surface area (Å²) in [6.07, 6.45) is 1.24. The summed E-state index contributed by atoms with van der Waals surface area (Å²) in [5, 5.41) is 0. The topological polar surface area (TPSA) is 72.5 Å². The number of amides is 1. The van der Waals surface area contributed by atoms with Crippen molar-refractivity contribution >= 4 is 12.0 Å². The fraction of sp³-hybridized carbons (Fsp3) is 0.500. The number of hydrogen-bond acceptors (Lipinski definition) is 3. The SMILES string of the molecule is NCCC(=O)N=C=O. The second-order valence-electron chi connectivity index (χ2n) is 1.14. The van der Waals surface area contributed by atoms with Crippen LogP contribution < -0.4 is 5.73 Å². The average Bonchev–Trinajstić information content (AvgIpc) is 1.68. The fourth-order valence-electron chi connectivity index (χ4n) is 0.230. The lowest BCUT2D eigenvalue weighted by atomic mass is 10.4. The van der Waals surface area contributed by atoms with E-state index in [1.807, 2.05) is 0 Å². The number of carbonyl (C=O) groups excluding carboxylic acids is 2. The molecule has 0 bridgehead atoms. The summed E-state index contributed by atoms with van der Waals surface area (Å²) in [5.41, 5.74) is 4.95. The van der Waals surface area contributed by atoms with Crippen molar-refractivity contribution < 1.29 is 9.59 Å². The van der Waals surface area contributed by atoms with Gasteiger partial charge in [-0.05, 0) is 0 Å². The molecule has 0 aliphatic rings. The predicted octanol–water partition coefficient (Wildman–Crippen LogP) is -0.802. The first-order valence-corrected chi connectivity index (χ1v) is 2.12. The first-order chi connectivity index (χ1) is 3.81. The summed E-state index contributed by atoms with van der Waals surface area (Å²) in [5.74, 6) is -0.512. The smallest absolute Gasteiger partial charge is 0.257 e. The zero-order valence-electron chi connectivity index (χ0n) is 4.26. The third-order valence-electron chi connectivity index (χ3n) is 0.529. The number of hydrogen-bond donors (Lipinski definition) is 1. The number of carbonyl (C=O) groups is 1. The van der Waals surface area contributed by atoms with Crippen LogP contribution in [0.2, 0.25) is 0 Å². The van der Waals surface area contributed by atoms with E-state index in [-0.39, 0.29) is 13.0 Å². The summed E-state index contributed by atoms with van der Waals surface area (Å²) in [7, 11) is 0. The minimum Gasteiger partial charge on any atom is -0.330 e. The van der Waals surface area contributed by atoms with E-state index in [1.165, 1.54) is 0 Å². The summed E-state index contributed by atoms with van der Waals surface area (Å²) in [6, 6.07) is 0. The molecule has 0 saturated carbocycles. The normalized spacial score (nSPS) is 7.62. The molecule has 0 aromatic heterocycles. The van der Waals surface area contributed by atoms with Gasteiger partial charge in [0.25, 0.3) is 5.91 Å². The Morgan fingerprint density at radius 2 is 2.38 bits per heavy atom. The van der Waals surface area contributed by atoms with Crippen LogP contribution in [-0.2, 0) is 9.59 Å². The van der Waals surface area contributed by atoms with Gasteiger partial charge in [-0.1, -0.05) is 0 Å². The van der Waals surface area contributed by atoms with Crippen LogP contribution in [-0.4, -0.2) is 18.5 Å². The number of rotatable bonds is 2. The fourth-order valence-corrected chi connectivity index (χ4v) is 0.230. The van der Waals surface area contributed by atoms with Gasteiger partial charge in [-0.15, -0.1) is 4.99 Å². The van der Waals surface area contributed by atoms with Gasteiger partial charge < -0.3 is 5.73 Å². The first kappa shape index (κ1) is 7.01. The van der Waals surface area contributed by atoms with Crippen LogP contribution in [0.15, 0.2) is 4.99 Å². The van der Waals surface area contributed by atoms with Crippen LogP contribution in [0.4, 0.5) is 0 Å². The van der Waals surface area contributed by atoms with Gasteiger partial charge in [-0.2, -0.15) is 0 Å². The molecule has 2 N–H and O–H groups in total. The zero-order chi connectivity index (χ0) is 6.41. The highest BCUT2D eigenvalue weighted by atomic mass is 16.2. The van der Waals surface area contributed by atoms with Gasteiger partial charge >= 0.3 is 0 Å². The zero-order valence-corrected chi connectivity index (χ0v) is 4.26. The molecule has 0 rings (SSSR count). The summed E-state index contributed by atoms with van der Waals surface area (Å²) in [4.78, 5) is 22.3. The number of nitrogens with zero attached hydrogens (tertiary/aromatic N) is 1. The number of isocyanates is 1. The Balaban J connectivity index is 3.49. The molecular weight excluding hydrogens is 108 g/mol. The summed E-state index contributed by atoms with van der Waals surface area (Å²) >= 11 is 0. The van der Waals surface area contributed by atoms with Crippen LogP contribution in [0.3, 0.4) is 0 Å². The molecule has 8 heavy (non-hydrogen) atoms. The van der Waals surface area contributed by atoms with Crippen molar-refractivity contribution in [2.75, 3.05) is 6.54 Å². The van der Waals surface area contributed by atoms with Crippen LogP contribution in [0, 0.1) is 0 Å². The van der Waals surface area contributed by atoms with Crippen LogP contribution >= 0.6 is 0 Å². The maximum absolute atomic E-state index is 10.1. The standard InChI is InChI=1S/C4H6N2O2/c5-2-1-4(8)6-3-7/h1-2,5H2. The van der Waals surface area contributed by atoms with Gasteiger partial charge in [0.05, 0.1) is 0 Å². The highest BCUT2D eigenvalue weighted by molar-refractivity contribution is 5.81. The molecule has 4 nitrogen and oxygen atoms in total. The minimum absolute atomic E-state index is 0.120. The molecule has 0 heterocycles. The van der Waals surface area contributed by atoms with E-state index in [2.05, 4.69) is 4.99 Å². The molecule has 0 fully saturated rings. The summed E-state index contributed by atoms with van der Waals surface area (Å²) in [6.45, 7) is 0.226. The van der Waals surface area contributed by atoms with Crippen LogP contribution in [0.25, 0.3) is 0 Å². The van der Waals surface area contributed by atoms with Gasteiger partial charge in [0.1, 0.15) is 0 Å². The molecule has 0 saturated heterocycles.